The maximum Gasteiger partial charge on any atom is 0.341 e. The molecule has 0 unspecified atom stereocenters. The molecule has 2 heterocycles. The minimum absolute atomic E-state index is 0.150. The highest BCUT2D eigenvalue weighted by molar-refractivity contribution is 7.17. The van der Waals surface area contributed by atoms with Crippen LogP contribution in [-0.4, -0.2) is 28.3 Å². The third kappa shape index (κ3) is 4.81. The lowest BCUT2D eigenvalue weighted by Crippen LogP contribution is -2.17. The van der Waals surface area contributed by atoms with Crippen molar-refractivity contribution in [1.82, 2.24) is 9.78 Å². The summed E-state index contributed by atoms with van der Waals surface area (Å²) >= 11 is 7.43. The highest BCUT2D eigenvalue weighted by Gasteiger charge is 2.27. The minimum Gasteiger partial charge on any atom is -0.471 e. The predicted octanol–water partition coefficient (Wildman–Crippen LogP) is 5.25. The summed E-state index contributed by atoms with van der Waals surface area (Å²) in [6.45, 7) is 4.12. The van der Waals surface area contributed by atoms with Crippen molar-refractivity contribution in [3.05, 3.63) is 62.7 Å². The monoisotopic (exact) mass is 473 g/mol. The van der Waals surface area contributed by atoms with Crippen molar-refractivity contribution in [2.45, 2.75) is 46.3 Å². The summed E-state index contributed by atoms with van der Waals surface area (Å²) in [6.07, 6.45) is 5.53. The number of anilines is 1. The minimum atomic E-state index is -0.389. The van der Waals surface area contributed by atoms with Crippen LogP contribution in [0.2, 0.25) is 5.02 Å². The topological polar surface area (TPSA) is 82.5 Å². The number of fused-ring (bicyclic) bond motifs is 1. The van der Waals surface area contributed by atoms with Gasteiger partial charge in [0, 0.05) is 16.1 Å². The lowest BCUT2D eigenvalue weighted by atomic mass is 9.95. The number of benzene rings is 1. The number of hydrogen-bond donors (Lipinski definition) is 1. The molecule has 1 aliphatic rings. The van der Waals surface area contributed by atoms with Crippen LogP contribution in [-0.2, 0) is 24.3 Å². The second kappa shape index (κ2) is 9.75. The van der Waals surface area contributed by atoms with Gasteiger partial charge in [0.2, 0.25) is 0 Å². The Balaban J connectivity index is 1.47. The molecule has 1 N–H and O–H groups in total. The van der Waals surface area contributed by atoms with E-state index in [0.717, 1.165) is 41.7 Å². The lowest BCUT2D eigenvalue weighted by molar-refractivity contribution is 0.0526. The molecule has 0 atom stereocenters. The van der Waals surface area contributed by atoms with Crippen molar-refractivity contribution in [3.63, 3.8) is 0 Å². The molecule has 0 spiro atoms. The lowest BCUT2D eigenvalue weighted by Gasteiger charge is -2.12. The Morgan fingerprint density at radius 2 is 2.06 bits per heavy atom. The first-order valence-electron chi connectivity index (χ1n) is 10.5. The van der Waals surface area contributed by atoms with E-state index in [-0.39, 0.29) is 30.9 Å². The maximum absolute atomic E-state index is 12.9. The highest BCUT2D eigenvalue weighted by Crippen LogP contribution is 2.38. The fraction of sp³-hybridized carbons (Fsp3) is 0.348. The molecule has 0 aliphatic heterocycles. The van der Waals surface area contributed by atoms with Crippen molar-refractivity contribution in [1.29, 1.82) is 0 Å². The molecule has 0 saturated heterocycles. The van der Waals surface area contributed by atoms with Gasteiger partial charge in [0.05, 0.1) is 12.2 Å². The predicted molar refractivity (Wildman–Crippen MR) is 124 cm³/mol. The molecule has 0 saturated carbocycles. The molecular weight excluding hydrogens is 450 g/mol. The number of rotatable bonds is 7. The Labute approximate surface area is 195 Å². The molecule has 168 valence electrons. The number of carbonyl (C=O) groups is 2. The van der Waals surface area contributed by atoms with E-state index in [1.54, 1.807) is 31.3 Å². The number of nitrogens with zero attached hydrogens (tertiary/aromatic N) is 2. The van der Waals surface area contributed by atoms with E-state index in [2.05, 4.69) is 10.4 Å². The van der Waals surface area contributed by atoms with Crippen LogP contribution in [0.1, 0.15) is 56.6 Å². The van der Waals surface area contributed by atoms with E-state index >= 15 is 0 Å². The SMILES string of the molecule is CCOC(=O)c1c(NC(=O)c2ccn(COc3ccc(Cl)cc3C)n2)sc2c1CCCC2. The molecule has 1 amide bonds. The van der Waals surface area contributed by atoms with Gasteiger partial charge < -0.3 is 14.8 Å². The van der Waals surface area contributed by atoms with Gasteiger partial charge in [-0.15, -0.1) is 11.3 Å². The van der Waals surface area contributed by atoms with Gasteiger partial charge in [0.15, 0.2) is 12.4 Å². The van der Waals surface area contributed by atoms with Crippen molar-refractivity contribution >= 4 is 39.8 Å². The first-order valence-corrected chi connectivity index (χ1v) is 11.7. The van der Waals surface area contributed by atoms with Gasteiger partial charge in [-0.2, -0.15) is 5.10 Å². The average Bonchev–Trinajstić information content (AvgIpc) is 3.37. The molecule has 4 rings (SSSR count). The molecule has 0 radical (unpaired) electrons. The fourth-order valence-corrected chi connectivity index (χ4v) is 5.20. The summed E-state index contributed by atoms with van der Waals surface area (Å²) in [6, 6.07) is 6.99. The summed E-state index contributed by atoms with van der Waals surface area (Å²) in [5, 5.41) is 8.35. The molecule has 7 nitrogen and oxygen atoms in total. The second-order valence-corrected chi connectivity index (χ2v) is 9.05. The van der Waals surface area contributed by atoms with Crippen LogP contribution in [0.4, 0.5) is 5.00 Å². The second-order valence-electron chi connectivity index (χ2n) is 7.51. The zero-order valence-electron chi connectivity index (χ0n) is 17.9. The highest BCUT2D eigenvalue weighted by atomic mass is 35.5. The summed E-state index contributed by atoms with van der Waals surface area (Å²) in [4.78, 5) is 26.6. The zero-order valence-corrected chi connectivity index (χ0v) is 19.5. The molecule has 2 aromatic heterocycles. The van der Waals surface area contributed by atoms with Gasteiger partial charge in [-0.05, 0) is 74.9 Å². The summed E-state index contributed by atoms with van der Waals surface area (Å²) in [7, 11) is 0. The van der Waals surface area contributed by atoms with Gasteiger partial charge in [-0.1, -0.05) is 11.6 Å². The quantitative estimate of drug-likeness (QED) is 0.474. The van der Waals surface area contributed by atoms with E-state index in [9.17, 15) is 9.59 Å². The first-order chi connectivity index (χ1) is 15.5. The molecule has 0 bridgehead atoms. The third-order valence-electron chi connectivity index (χ3n) is 5.24. The number of hydrogen-bond acceptors (Lipinski definition) is 6. The average molecular weight is 474 g/mol. The Hall–Kier alpha value is -2.84. The number of aryl methyl sites for hydroxylation is 2. The molecule has 9 heteroatoms. The van der Waals surface area contributed by atoms with E-state index in [4.69, 9.17) is 21.1 Å². The normalized spacial score (nSPS) is 12.8. The van der Waals surface area contributed by atoms with Crippen LogP contribution in [0.3, 0.4) is 0 Å². The fourth-order valence-electron chi connectivity index (χ4n) is 3.71. The van der Waals surface area contributed by atoms with E-state index in [1.807, 2.05) is 13.0 Å². The Kier molecular flexibility index (Phi) is 6.81. The Bertz CT molecular complexity index is 1150. The molecule has 1 aromatic carbocycles. The van der Waals surface area contributed by atoms with Crippen LogP contribution in [0, 0.1) is 6.92 Å². The van der Waals surface area contributed by atoms with Gasteiger partial charge >= 0.3 is 5.97 Å². The van der Waals surface area contributed by atoms with Crippen molar-refractivity contribution < 1.29 is 19.1 Å². The summed E-state index contributed by atoms with van der Waals surface area (Å²) < 4.78 is 12.6. The number of esters is 1. The largest absolute Gasteiger partial charge is 0.471 e. The van der Waals surface area contributed by atoms with E-state index in [0.29, 0.717) is 21.3 Å². The van der Waals surface area contributed by atoms with Gasteiger partial charge in [0.1, 0.15) is 10.8 Å². The summed E-state index contributed by atoms with van der Waals surface area (Å²) in [5.74, 6) is -0.0748. The maximum atomic E-state index is 12.9. The van der Waals surface area contributed by atoms with Crippen LogP contribution in [0.15, 0.2) is 30.5 Å². The van der Waals surface area contributed by atoms with Gasteiger partial charge in [0.25, 0.3) is 5.91 Å². The number of carbonyl (C=O) groups excluding carboxylic acids is 2. The number of aromatic nitrogens is 2. The Morgan fingerprint density at radius 3 is 2.84 bits per heavy atom. The number of amides is 1. The van der Waals surface area contributed by atoms with E-state index in [1.165, 1.54) is 16.0 Å². The van der Waals surface area contributed by atoms with Crippen molar-refractivity contribution in [3.8, 4) is 5.75 Å². The number of ether oxygens (including phenoxy) is 2. The van der Waals surface area contributed by atoms with E-state index < -0.39 is 0 Å². The van der Waals surface area contributed by atoms with Crippen molar-refractivity contribution in [2.75, 3.05) is 11.9 Å². The van der Waals surface area contributed by atoms with Crippen LogP contribution in [0.25, 0.3) is 0 Å². The van der Waals surface area contributed by atoms with Crippen LogP contribution >= 0.6 is 22.9 Å². The molecular formula is C23H24ClN3O4S. The Morgan fingerprint density at radius 1 is 1.25 bits per heavy atom. The molecule has 0 fully saturated rings. The number of nitrogens with one attached hydrogen (secondary N) is 1. The zero-order chi connectivity index (χ0) is 22.7. The molecule has 32 heavy (non-hydrogen) atoms. The smallest absolute Gasteiger partial charge is 0.341 e. The molecule has 3 aromatic rings. The van der Waals surface area contributed by atoms with Gasteiger partial charge in [-0.25, -0.2) is 9.48 Å². The number of thiophene rings is 1. The number of halogens is 1. The van der Waals surface area contributed by atoms with Gasteiger partial charge in [-0.3, -0.25) is 4.79 Å². The standard InChI is InChI=1S/C23H24ClN3O4S/c1-3-30-23(29)20-16-6-4-5-7-19(16)32-22(20)25-21(28)17-10-11-27(26-17)13-31-18-9-8-15(24)12-14(18)2/h8-12H,3-7,13H2,1-2H3,(H,25,28). The van der Waals surface area contributed by atoms with Crippen LogP contribution in [0.5, 0.6) is 5.75 Å². The van der Waals surface area contributed by atoms with Crippen molar-refractivity contribution in [2.24, 2.45) is 0 Å². The third-order valence-corrected chi connectivity index (χ3v) is 6.68. The first kappa shape index (κ1) is 22.4. The van der Waals surface area contributed by atoms with Crippen LogP contribution < -0.4 is 10.1 Å². The molecule has 1 aliphatic carbocycles. The summed E-state index contributed by atoms with van der Waals surface area (Å²) in [5.41, 5.74) is 2.64.